The Bertz CT molecular complexity index is 346. The molecule has 70 valence electrons. The molecule has 0 bridgehead atoms. The molecule has 1 atom stereocenters. The van der Waals surface area contributed by atoms with Crippen LogP contribution >= 0.6 is 0 Å². The van der Waals surface area contributed by atoms with Gasteiger partial charge in [-0.1, -0.05) is 24.3 Å². The number of aliphatic carboxylic acids is 1. The van der Waals surface area contributed by atoms with Gasteiger partial charge in [0, 0.05) is 6.54 Å². The summed E-state index contributed by atoms with van der Waals surface area (Å²) < 4.78 is 0. The Hall–Kier alpha value is -0.350. The average Bonchev–Trinajstić information content (AvgIpc) is 2.17. The van der Waals surface area contributed by atoms with E-state index in [9.17, 15) is 4.79 Å². The second-order valence-electron chi connectivity index (χ2n) is 3.17. The summed E-state index contributed by atoms with van der Waals surface area (Å²) in [5.41, 5.74) is 2.05. The normalized spacial score (nSPS) is 19.3. The first-order valence-corrected chi connectivity index (χ1v) is 4.33. The van der Waals surface area contributed by atoms with Crippen LogP contribution in [0.25, 0.3) is 0 Å². The molecule has 2 rings (SSSR count). The minimum Gasteiger partial charge on any atom is -1.00 e. The summed E-state index contributed by atoms with van der Waals surface area (Å²) in [6.45, 7) is 0.744. The Morgan fingerprint density at radius 1 is 1.50 bits per heavy atom. The van der Waals surface area contributed by atoms with E-state index in [1.807, 2.05) is 24.3 Å². The van der Waals surface area contributed by atoms with Crippen LogP contribution in [-0.2, 0) is 11.2 Å². The minimum absolute atomic E-state index is 0. The molecule has 0 saturated carbocycles. The van der Waals surface area contributed by atoms with Crippen molar-refractivity contribution in [3.63, 3.8) is 0 Å². The number of carboxylic acids is 1. The van der Waals surface area contributed by atoms with Crippen LogP contribution in [-0.4, -0.2) is 17.6 Å². The molecule has 0 aliphatic carbocycles. The third-order valence-electron chi connectivity index (χ3n) is 2.36. The average molecular weight is 201 g/mol. The summed E-state index contributed by atoms with van der Waals surface area (Å²) in [4.78, 5) is 10.9. The molecule has 3 nitrogen and oxygen atoms in total. The minimum atomic E-state index is -0.799. The van der Waals surface area contributed by atoms with Crippen LogP contribution in [0.15, 0.2) is 24.3 Å². The quantitative estimate of drug-likeness (QED) is 0.520. The van der Waals surface area contributed by atoms with Gasteiger partial charge in [-0.2, -0.15) is 0 Å². The molecule has 2 N–H and O–H groups in total. The zero-order chi connectivity index (χ0) is 9.26. The van der Waals surface area contributed by atoms with Gasteiger partial charge in [0.1, 0.15) is 6.04 Å². The van der Waals surface area contributed by atoms with Crippen molar-refractivity contribution >= 4 is 5.97 Å². The van der Waals surface area contributed by atoms with Gasteiger partial charge in [0.25, 0.3) is 0 Å². The van der Waals surface area contributed by atoms with Gasteiger partial charge in [0.2, 0.25) is 0 Å². The summed E-state index contributed by atoms with van der Waals surface area (Å²) in [6.07, 6.45) is 0.917. The Kier molecular flexibility index (Phi) is 4.13. The fourth-order valence-electron chi connectivity index (χ4n) is 1.72. The smallest absolute Gasteiger partial charge is 1.00 e. The first-order valence-electron chi connectivity index (χ1n) is 4.33. The first-order chi connectivity index (χ1) is 6.29. The van der Waals surface area contributed by atoms with Crippen molar-refractivity contribution in [2.75, 3.05) is 6.54 Å². The number of carboxylic acid groups (broad SMARTS) is 1. The van der Waals surface area contributed by atoms with Crippen LogP contribution in [0.4, 0.5) is 0 Å². The van der Waals surface area contributed by atoms with Gasteiger partial charge >= 0.3 is 35.5 Å². The van der Waals surface area contributed by atoms with Gasteiger partial charge < -0.3 is 11.8 Å². The van der Waals surface area contributed by atoms with E-state index in [2.05, 4.69) is 5.32 Å². The fourth-order valence-corrected chi connectivity index (χ4v) is 1.72. The molecule has 0 spiro atoms. The number of hydrogen-bond donors (Lipinski definition) is 2. The number of hydrogen-bond acceptors (Lipinski definition) is 2. The largest absolute Gasteiger partial charge is 1.00 e. The van der Waals surface area contributed by atoms with E-state index in [0.717, 1.165) is 24.1 Å². The molecule has 1 aromatic carbocycles. The van der Waals surface area contributed by atoms with Crippen molar-refractivity contribution in [2.45, 2.75) is 12.5 Å². The molecular weight excluding hydrogens is 189 g/mol. The topological polar surface area (TPSA) is 49.3 Å². The molecule has 1 heterocycles. The van der Waals surface area contributed by atoms with Gasteiger partial charge in [-0.05, 0) is 17.5 Å². The van der Waals surface area contributed by atoms with Crippen molar-refractivity contribution in [2.24, 2.45) is 0 Å². The van der Waals surface area contributed by atoms with E-state index in [0.29, 0.717) is 0 Å². The third kappa shape index (κ3) is 2.17. The maximum Gasteiger partial charge on any atom is 1.00 e. The fraction of sp³-hybridized carbons (Fsp3) is 0.300. The third-order valence-corrected chi connectivity index (χ3v) is 2.36. The number of nitrogens with one attached hydrogen (secondary N) is 1. The van der Waals surface area contributed by atoms with Crippen molar-refractivity contribution in [1.82, 2.24) is 5.32 Å². The molecule has 0 radical (unpaired) electrons. The SMILES string of the molecule is O=C(O)[C@@H]1NCCc2ccccc21.[H-].[Na+]. The number of carbonyl (C=O) groups is 1. The van der Waals surface area contributed by atoms with E-state index in [-0.39, 0.29) is 31.0 Å². The molecule has 1 aromatic rings. The number of fused-ring (bicyclic) bond motifs is 1. The second-order valence-corrected chi connectivity index (χ2v) is 3.17. The first kappa shape index (κ1) is 11.7. The standard InChI is InChI=1S/C10H11NO2.Na.H/c12-10(13)9-8-4-2-1-3-7(8)5-6-11-9;;/h1-4,9,11H,5-6H2,(H,12,13);;/q;+1;-1/t9-;;/m1../s1. The molecular formula is C10H12NNaO2. The Balaban J connectivity index is 0.000000980. The van der Waals surface area contributed by atoms with Crippen LogP contribution in [0, 0.1) is 0 Å². The Morgan fingerprint density at radius 2 is 2.21 bits per heavy atom. The van der Waals surface area contributed by atoms with Crippen LogP contribution in [0.2, 0.25) is 0 Å². The summed E-state index contributed by atoms with van der Waals surface area (Å²) in [5.74, 6) is -0.799. The van der Waals surface area contributed by atoms with Crippen LogP contribution in [0.3, 0.4) is 0 Å². The summed E-state index contributed by atoms with van der Waals surface area (Å²) in [5, 5.41) is 11.9. The summed E-state index contributed by atoms with van der Waals surface area (Å²) in [7, 11) is 0. The van der Waals surface area contributed by atoms with Crippen LogP contribution in [0.1, 0.15) is 18.6 Å². The van der Waals surface area contributed by atoms with E-state index < -0.39 is 12.0 Å². The maximum atomic E-state index is 10.9. The molecule has 0 aromatic heterocycles. The van der Waals surface area contributed by atoms with Crippen molar-refractivity contribution in [3.05, 3.63) is 35.4 Å². The predicted molar refractivity (Wildman–Crippen MR) is 49.6 cm³/mol. The zero-order valence-electron chi connectivity index (χ0n) is 9.16. The van der Waals surface area contributed by atoms with Crippen molar-refractivity contribution in [1.29, 1.82) is 0 Å². The molecule has 0 saturated heterocycles. The van der Waals surface area contributed by atoms with Gasteiger partial charge in [-0.25, -0.2) is 0 Å². The van der Waals surface area contributed by atoms with Crippen molar-refractivity contribution < 1.29 is 40.9 Å². The molecule has 0 unspecified atom stereocenters. The monoisotopic (exact) mass is 201 g/mol. The van der Waals surface area contributed by atoms with E-state index in [4.69, 9.17) is 5.11 Å². The molecule has 1 aliphatic rings. The number of rotatable bonds is 1. The molecule has 0 fully saturated rings. The zero-order valence-corrected chi connectivity index (χ0v) is 10.2. The van der Waals surface area contributed by atoms with Gasteiger partial charge in [0.15, 0.2) is 0 Å². The molecule has 1 aliphatic heterocycles. The maximum absolute atomic E-state index is 10.9. The van der Waals surface area contributed by atoms with Crippen LogP contribution < -0.4 is 34.9 Å². The Morgan fingerprint density at radius 3 is 2.93 bits per heavy atom. The Labute approximate surface area is 106 Å². The molecule has 14 heavy (non-hydrogen) atoms. The summed E-state index contributed by atoms with van der Waals surface area (Å²) >= 11 is 0. The molecule has 4 heteroatoms. The van der Waals surface area contributed by atoms with Gasteiger partial charge in [-0.3, -0.25) is 4.79 Å². The van der Waals surface area contributed by atoms with E-state index in [1.54, 1.807) is 0 Å². The van der Waals surface area contributed by atoms with E-state index >= 15 is 0 Å². The van der Waals surface area contributed by atoms with Crippen molar-refractivity contribution in [3.8, 4) is 0 Å². The van der Waals surface area contributed by atoms with Gasteiger partial charge in [-0.15, -0.1) is 0 Å². The number of benzene rings is 1. The molecule has 0 amide bonds. The predicted octanol–water partition coefficient (Wildman–Crippen LogP) is -1.93. The summed E-state index contributed by atoms with van der Waals surface area (Å²) in [6, 6.07) is 7.17. The van der Waals surface area contributed by atoms with Gasteiger partial charge in [0.05, 0.1) is 0 Å². The van der Waals surface area contributed by atoms with E-state index in [1.165, 1.54) is 0 Å². The second kappa shape index (κ2) is 4.94. The van der Waals surface area contributed by atoms with Crippen LogP contribution in [0.5, 0.6) is 0 Å².